The Morgan fingerprint density at radius 1 is 1.06 bits per heavy atom. The van der Waals surface area contributed by atoms with Crippen molar-refractivity contribution < 1.29 is 9.59 Å². The average Bonchev–Trinajstić information content (AvgIpc) is 3.21. The van der Waals surface area contributed by atoms with Crippen molar-refractivity contribution >= 4 is 57.6 Å². The quantitative estimate of drug-likeness (QED) is 0.599. The highest BCUT2D eigenvalue weighted by molar-refractivity contribution is 8.14. The Morgan fingerprint density at radius 2 is 1.71 bits per heavy atom. The topological polar surface area (TPSA) is 53.0 Å². The van der Waals surface area contributed by atoms with Crippen molar-refractivity contribution in [2.45, 2.75) is 25.8 Å². The van der Waals surface area contributed by atoms with Gasteiger partial charge in [-0.25, -0.2) is 0 Å². The van der Waals surface area contributed by atoms with E-state index in [0.717, 1.165) is 24.3 Å². The summed E-state index contributed by atoms with van der Waals surface area (Å²) in [5.74, 6) is 0.447. The van der Waals surface area contributed by atoms with Crippen molar-refractivity contribution in [3.63, 3.8) is 0 Å². The Kier molecular flexibility index (Phi) is 6.89. The van der Waals surface area contributed by atoms with Crippen molar-refractivity contribution in [2.75, 3.05) is 23.7 Å². The highest BCUT2D eigenvalue weighted by Crippen LogP contribution is 2.30. The first-order valence-electron chi connectivity index (χ1n) is 10.3. The van der Waals surface area contributed by atoms with Crippen LogP contribution in [0.25, 0.3) is 0 Å². The first-order valence-corrected chi connectivity index (χ1v) is 12.0. The van der Waals surface area contributed by atoms with Crippen LogP contribution in [0.5, 0.6) is 0 Å². The van der Waals surface area contributed by atoms with Gasteiger partial charge < -0.3 is 4.90 Å². The lowest BCUT2D eigenvalue weighted by Crippen LogP contribution is -2.48. The van der Waals surface area contributed by atoms with Crippen molar-refractivity contribution in [1.82, 2.24) is 4.90 Å². The van der Waals surface area contributed by atoms with Crippen LogP contribution in [-0.2, 0) is 4.79 Å². The monoisotopic (exact) mass is 475 g/mol. The van der Waals surface area contributed by atoms with E-state index in [4.69, 9.17) is 23.2 Å². The lowest BCUT2D eigenvalue weighted by atomic mass is 9.95. The van der Waals surface area contributed by atoms with Crippen LogP contribution in [0.1, 0.15) is 30.1 Å². The number of amidine groups is 1. The van der Waals surface area contributed by atoms with Crippen molar-refractivity contribution in [1.29, 1.82) is 0 Å². The minimum Gasteiger partial charge on any atom is -0.338 e. The Morgan fingerprint density at radius 3 is 2.32 bits per heavy atom. The van der Waals surface area contributed by atoms with Gasteiger partial charge in [0.05, 0.1) is 17.6 Å². The molecule has 5 nitrogen and oxygen atoms in total. The van der Waals surface area contributed by atoms with Crippen LogP contribution in [0.3, 0.4) is 0 Å². The number of benzene rings is 2. The molecule has 0 saturated carbocycles. The number of nitrogens with zero attached hydrogens (tertiary/aromatic N) is 3. The van der Waals surface area contributed by atoms with Crippen LogP contribution in [0.2, 0.25) is 10.0 Å². The second-order valence-corrected chi connectivity index (χ2v) is 9.68. The number of piperidine rings is 1. The Labute approximate surface area is 196 Å². The summed E-state index contributed by atoms with van der Waals surface area (Å²) in [5, 5.41) is 1.91. The molecule has 0 aliphatic carbocycles. The molecule has 0 spiro atoms. The van der Waals surface area contributed by atoms with Crippen LogP contribution in [0.4, 0.5) is 5.69 Å². The zero-order valence-electron chi connectivity index (χ0n) is 17.1. The van der Waals surface area contributed by atoms with Crippen molar-refractivity contribution in [3.8, 4) is 0 Å². The molecule has 2 atom stereocenters. The number of anilines is 1. The highest BCUT2D eigenvalue weighted by Gasteiger charge is 2.35. The minimum atomic E-state index is -0.292. The van der Waals surface area contributed by atoms with Gasteiger partial charge in [-0.05, 0) is 68.3 Å². The molecule has 0 unspecified atom stereocenters. The molecule has 2 aromatic rings. The number of rotatable bonds is 3. The number of carbonyl (C=O) groups is 2. The van der Waals surface area contributed by atoms with Crippen LogP contribution in [-0.4, -0.2) is 46.8 Å². The summed E-state index contributed by atoms with van der Waals surface area (Å²) >= 11 is 13.6. The molecule has 0 bridgehead atoms. The second-order valence-electron chi connectivity index (χ2n) is 7.82. The molecule has 1 saturated heterocycles. The smallest absolute Gasteiger partial charge is 0.253 e. The van der Waals surface area contributed by atoms with Gasteiger partial charge >= 0.3 is 0 Å². The van der Waals surface area contributed by atoms with Crippen LogP contribution in [0.15, 0.2) is 53.5 Å². The summed E-state index contributed by atoms with van der Waals surface area (Å²) in [5.41, 5.74) is 1.33. The van der Waals surface area contributed by atoms with Crippen LogP contribution >= 0.6 is 35.0 Å². The maximum atomic E-state index is 13.7. The molecule has 8 heteroatoms. The third-order valence-corrected chi connectivity index (χ3v) is 7.13. The fourth-order valence-electron chi connectivity index (χ4n) is 3.82. The van der Waals surface area contributed by atoms with E-state index in [1.807, 2.05) is 19.1 Å². The normalized spacial score (nSPS) is 21.0. The molecule has 162 valence electrons. The molecular formula is C23H23Cl2N3O2S. The lowest BCUT2D eigenvalue weighted by molar-refractivity contribution is -0.122. The zero-order chi connectivity index (χ0) is 22.0. The fraction of sp³-hybridized carbons (Fsp3) is 0.348. The molecule has 0 radical (unpaired) electrons. The van der Waals surface area contributed by atoms with Crippen molar-refractivity contribution in [3.05, 3.63) is 64.1 Å². The van der Waals surface area contributed by atoms with E-state index in [-0.39, 0.29) is 23.8 Å². The largest absolute Gasteiger partial charge is 0.338 e. The van der Waals surface area contributed by atoms with Gasteiger partial charge in [-0.3, -0.25) is 19.5 Å². The Bertz CT molecular complexity index is 995. The molecule has 2 aliphatic rings. The number of hydrogen-bond donors (Lipinski definition) is 0. The predicted octanol–water partition coefficient (Wildman–Crippen LogP) is 5.37. The molecule has 0 N–H and O–H groups in total. The number of amides is 2. The zero-order valence-corrected chi connectivity index (χ0v) is 19.5. The summed E-state index contributed by atoms with van der Waals surface area (Å²) < 4.78 is 0. The Balaban J connectivity index is 1.56. The summed E-state index contributed by atoms with van der Waals surface area (Å²) in [7, 11) is 0. The summed E-state index contributed by atoms with van der Waals surface area (Å²) in [4.78, 5) is 34.8. The van der Waals surface area contributed by atoms with Gasteiger partial charge in [0.2, 0.25) is 5.91 Å². The fourth-order valence-corrected chi connectivity index (χ4v) is 5.12. The van der Waals surface area contributed by atoms with Crippen LogP contribution in [0, 0.1) is 5.92 Å². The third-order valence-electron chi connectivity index (χ3n) is 5.43. The first kappa shape index (κ1) is 22.2. The Hall–Kier alpha value is -2.02. The molecule has 2 aromatic carbocycles. The number of hydrogen-bond acceptors (Lipinski definition) is 4. The van der Waals surface area contributed by atoms with Gasteiger partial charge in [0, 0.05) is 34.5 Å². The molecule has 0 aromatic heterocycles. The molecular weight excluding hydrogens is 453 g/mol. The molecule has 31 heavy (non-hydrogen) atoms. The van der Waals surface area contributed by atoms with Crippen LogP contribution < -0.4 is 4.90 Å². The van der Waals surface area contributed by atoms with Gasteiger partial charge in [-0.1, -0.05) is 35.0 Å². The van der Waals surface area contributed by atoms with E-state index in [2.05, 4.69) is 4.99 Å². The van der Waals surface area contributed by atoms with Gasteiger partial charge in [0.25, 0.3) is 5.91 Å². The molecule has 2 heterocycles. The minimum absolute atomic E-state index is 0.0312. The second kappa shape index (κ2) is 9.63. The number of aliphatic imine (C=N–C) groups is 1. The maximum absolute atomic E-state index is 13.7. The van der Waals surface area contributed by atoms with E-state index >= 15 is 0 Å². The summed E-state index contributed by atoms with van der Waals surface area (Å²) in [6.07, 6.45) is 1.51. The highest BCUT2D eigenvalue weighted by atomic mass is 35.5. The molecule has 2 amide bonds. The van der Waals surface area contributed by atoms with Gasteiger partial charge in [0.1, 0.15) is 0 Å². The van der Waals surface area contributed by atoms with E-state index < -0.39 is 0 Å². The number of thioether (sulfide) groups is 1. The maximum Gasteiger partial charge on any atom is 0.253 e. The standard InChI is InChI=1S/C23H23Cl2N3O2S/c1-15-14-31-23(26-15)28(20-10-8-19(25)9-11-20)22(30)17-3-2-12-27(13-17)21(29)16-4-6-18(24)7-5-16/h4-11,15,17H,2-3,12-14H2,1H3/t15-,17-/m0/s1. The van der Waals surface area contributed by atoms with Gasteiger partial charge in [0.15, 0.2) is 5.17 Å². The lowest BCUT2D eigenvalue weighted by Gasteiger charge is -2.35. The molecule has 1 fully saturated rings. The van der Waals surface area contributed by atoms with Crippen molar-refractivity contribution in [2.24, 2.45) is 10.9 Å². The summed E-state index contributed by atoms with van der Waals surface area (Å²) in [6.45, 7) is 3.06. The number of halogens is 2. The molecule has 2 aliphatic heterocycles. The van der Waals surface area contributed by atoms with Gasteiger partial charge in [-0.15, -0.1) is 0 Å². The van der Waals surface area contributed by atoms with E-state index in [1.165, 1.54) is 0 Å². The van der Waals surface area contributed by atoms with E-state index in [0.29, 0.717) is 33.9 Å². The third kappa shape index (κ3) is 5.08. The predicted molar refractivity (Wildman–Crippen MR) is 128 cm³/mol. The number of likely N-dealkylation sites (tertiary alicyclic amines) is 1. The number of carbonyl (C=O) groups excluding carboxylic acids is 2. The van der Waals surface area contributed by atoms with Gasteiger partial charge in [-0.2, -0.15) is 0 Å². The average molecular weight is 476 g/mol. The van der Waals surface area contributed by atoms with E-state index in [9.17, 15) is 9.59 Å². The van der Waals surface area contributed by atoms with E-state index in [1.54, 1.807) is 58.0 Å². The first-order chi connectivity index (χ1) is 14.9. The summed E-state index contributed by atoms with van der Waals surface area (Å²) in [6, 6.07) is 14.3. The molecule has 4 rings (SSSR count). The SMILES string of the molecule is C[C@H]1CSC(N(C(=O)[C@H]2CCCN(C(=O)c3ccc(Cl)cc3)C2)c2ccc(Cl)cc2)=N1.